The molecule has 0 saturated heterocycles. The minimum Gasteiger partial charge on any atom is -0.512 e. The Kier molecular flexibility index (Phi) is 1.15. The maximum absolute atomic E-state index is 8.66. The van der Waals surface area contributed by atoms with E-state index in [1.54, 1.807) is 17.0 Å². The van der Waals surface area contributed by atoms with Crippen LogP contribution in [0.3, 0.4) is 0 Å². The number of hydrogen-bond donors (Lipinski definition) is 2. The molecule has 1 aromatic heterocycles. The van der Waals surface area contributed by atoms with Crippen LogP contribution >= 0.6 is 0 Å². The summed E-state index contributed by atoms with van der Waals surface area (Å²) in [5.74, 6) is 0. The van der Waals surface area contributed by atoms with Crippen LogP contribution in [0.15, 0.2) is 12.3 Å². The summed E-state index contributed by atoms with van der Waals surface area (Å²) in [4.78, 5) is 0. The molecule has 0 saturated carbocycles. The van der Waals surface area contributed by atoms with E-state index in [-0.39, 0.29) is 0 Å². The summed E-state index contributed by atoms with van der Waals surface area (Å²) >= 11 is 0. The summed E-state index contributed by atoms with van der Waals surface area (Å²) in [6, 6.07) is 0. The van der Waals surface area contributed by atoms with Crippen LogP contribution in [0.1, 0.15) is 0 Å². The molecular formula is C6H6N4O. The molecule has 0 atom stereocenters. The first kappa shape index (κ1) is 5.96. The molecule has 2 heterocycles. The number of allylic oxidation sites excluding steroid dienone is 1. The van der Waals surface area contributed by atoms with E-state index in [1.807, 2.05) is 6.08 Å². The van der Waals surface area contributed by atoms with Crippen molar-refractivity contribution in [1.82, 2.24) is 14.9 Å². The van der Waals surface area contributed by atoms with Gasteiger partial charge in [-0.25, -0.2) is 4.68 Å². The molecule has 0 spiro atoms. The molecule has 0 radical (unpaired) electrons. The minimum absolute atomic E-state index is 0.389. The van der Waals surface area contributed by atoms with Crippen molar-refractivity contribution in [2.24, 2.45) is 0 Å². The fraction of sp³-hybridized carbons (Fsp3) is 0. The monoisotopic (exact) mass is 150 g/mol. The third-order valence-electron chi connectivity index (χ3n) is 1.37. The molecule has 5 nitrogen and oxygen atoms in total. The first-order valence-electron chi connectivity index (χ1n) is 3.11. The molecule has 5 heteroatoms. The Morgan fingerprint density at radius 3 is 3.27 bits per heavy atom. The van der Waals surface area contributed by atoms with Crippen LogP contribution < -0.4 is 16.4 Å². The van der Waals surface area contributed by atoms with E-state index < -0.39 is 0 Å². The van der Waals surface area contributed by atoms with Crippen LogP contribution in [0.4, 0.5) is 0 Å². The normalized spacial score (nSPS) is 15.5. The Labute approximate surface area is 62.0 Å². The smallest absolute Gasteiger partial charge is 0.210 e. The van der Waals surface area contributed by atoms with Crippen LogP contribution in [0, 0.1) is 0 Å². The Morgan fingerprint density at radius 2 is 2.45 bits per heavy atom. The second-order valence-corrected chi connectivity index (χ2v) is 2.04. The fourth-order valence-electron chi connectivity index (χ4n) is 0.885. The molecule has 0 amide bonds. The lowest BCUT2D eigenvalue weighted by atomic mass is 10.5. The van der Waals surface area contributed by atoms with Crippen molar-refractivity contribution in [2.45, 2.75) is 0 Å². The lowest BCUT2D eigenvalue weighted by molar-refractivity contribution is 0.532. The lowest BCUT2D eigenvalue weighted by Gasteiger charge is -2.02. The Hall–Kier alpha value is -1.78. The van der Waals surface area contributed by atoms with Crippen LogP contribution in [0.2, 0.25) is 0 Å². The predicted octanol–water partition coefficient (Wildman–Crippen LogP) is -1.57. The fourth-order valence-corrected chi connectivity index (χ4v) is 0.885. The highest BCUT2D eigenvalue weighted by Crippen LogP contribution is 1.76. The van der Waals surface area contributed by atoms with Crippen LogP contribution in [0.25, 0.3) is 12.3 Å². The second kappa shape index (κ2) is 2.12. The van der Waals surface area contributed by atoms with Crippen molar-refractivity contribution in [1.29, 1.82) is 0 Å². The number of nitrogens with zero attached hydrogens (tertiary/aromatic N) is 3. The highest BCUT2D eigenvalue weighted by molar-refractivity contribution is 5.35. The number of aliphatic hydroxyl groups is 1. The summed E-state index contributed by atoms with van der Waals surface area (Å²) in [7, 11) is 0. The van der Waals surface area contributed by atoms with Crippen molar-refractivity contribution < 1.29 is 5.11 Å². The zero-order valence-electron chi connectivity index (χ0n) is 5.60. The Morgan fingerprint density at radius 1 is 1.55 bits per heavy atom. The van der Waals surface area contributed by atoms with Gasteiger partial charge < -0.3 is 5.11 Å². The number of aliphatic hydroxyl groups excluding tert-OH is 1. The molecule has 0 unspecified atom stereocenters. The largest absolute Gasteiger partial charge is 0.512 e. The van der Waals surface area contributed by atoms with Gasteiger partial charge in [0.1, 0.15) is 6.26 Å². The first-order valence-corrected chi connectivity index (χ1v) is 3.11. The van der Waals surface area contributed by atoms with E-state index in [0.717, 1.165) is 6.26 Å². The molecular weight excluding hydrogens is 144 g/mol. The van der Waals surface area contributed by atoms with Gasteiger partial charge in [-0.15, -0.1) is 10.2 Å². The SMILES string of the molecule is O/C=c1\nnc2n1NC=CC=2. The van der Waals surface area contributed by atoms with Gasteiger partial charge in [0.15, 0.2) is 5.48 Å². The van der Waals surface area contributed by atoms with E-state index >= 15 is 0 Å². The van der Waals surface area contributed by atoms with Crippen molar-refractivity contribution in [3.8, 4) is 0 Å². The van der Waals surface area contributed by atoms with Gasteiger partial charge in [-0.1, -0.05) is 0 Å². The van der Waals surface area contributed by atoms with Crippen molar-refractivity contribution in [3.63, 3.8) is 0 Å². The molecule has 11 heavy (non-hydrogen) atoms. The van der Waals surface area contributed by atoms with Crippen LogP contribution in [-0.2, 0) is 0 Å². The predicted molar refractivity (Wildman–Crippen MR) is 39.3 cm³/mol. The van der Waals surface area contributed by atoms with Gasteiger partial charge in [-0.3, -0.25) is 5.43 Å². The van der Waals surface area contributed by atoms with E-state index in [4.69, 9.17) is 5.11 Å². The maximum atomic E-state index is 8.66. The highest BCUT2D eigenvalue weighted by Gasteiger charge is 1.98. The first-order chi connectivity index (χ1) is 5.42. The molecule has 2 rings (SSSR count). The summed E-state index contributed by atoms with van der Waals surface area (Å²) in [6.07, 6.45) is 6.22. The van der Waals surface area contributed by atoms with E-state index in [1.165, 1.54) is 0 Å². The molecule has 0 aromatic carbocycles. The second-order valence-electron chi connectivity index (χ2n) is 2.04. The van der Waals surface area contributed by atoms with Gasteiger partial charge >= 0.3 is 0 Å². The Balaban J connectivity index is 2.80. The number of nitrogens with one attached hydrogen (secondary N) is 1. The van der Waals surface area contributed by atoms with Gasteiger partial charge in [-0.05, 0) is 12.2 Å². The molecule has 0 aliphatic carbocycles. The number of fused-ring (bicyclic) bond motifs is 1. The van der Waals surface area contributed by atoms with Crippen LogP contribution in [0.5, 0.6) is 0 Å². The molecule has 2 N–H and O–H groups in total. The minimum atomic E-state index is 0.389. The average molecular weight is 150 g/mol. The molecule has 0 fully saturated rings. The molecule has 1 aliphatic heterocycles. The lowest BCUT2D eigenvalue weighted by Crippen LogP contribution is -2.35. The van der Waals surface area contributed by atoms with Gasteiger partial charge in [0.2, 0.25) is 5.48 Å². The molecule has 1 aromatic rings. The summed E-state index contributed by atoms with van der Waals surface area (Å²) in [6.45, 7) is 0. The van der Waals surface area contributed by atoms with Gasteiger partial charge in [0, 0.05) is 6.20 Å². The summed E-state index contributed by atoms with van der Waals surface area (Å²) in [5.41, 5.74) is 3.91. The van der Waals surface area contributed by atoms with Crippen molar-refractivity contribution in [2.75, 3.05) is 5.43 Å². The third kappa shape index (κ3) is 0.778. The van der Waals surface area contributed by atoms with Crippen LogP contribution in [-0.4, -0.2) is 20.0 Å². The van der Waals surface area contributed by atoms with Gasteiger partial charge in [0.25, 0.3) is 0 Å². The van der Waals surface area contributed by atoms with Gasteiger partial charge in [-0.2, -0.15) is 0 Å². The molecule has 56 valence electrons. The van der Waals surface area contributed by atoms with E-state index in [9.17, 15) is 0 Å². The van der Waals surface area contributed by atoms with E-state index in [0.29, 0.717) is 11.0 Å². The maximum Gasteiger partial charge on any atom is 0.210 e. The zero-order valence-corrected chi connectivity index (χ0v) is 5.60. The summed E-state index contributed by atoms with van der Waals surface area (Å²) < 4.78 is 1.57. The number of hydrogen-bond acceptors (Lipinski definition) is 4. The standard InChI is InChI=1S/C6H6N4O/c11-4-6-9-8-5-2-1-3-7-10(5)6/h1-4,7,11H/b6-4+. The van der Waals surface area contributed by atoms with Gasteiger partial charge in [0.05, 0.1) is 0 Å². The number of rotatable bonds is 0. The molecule has 1 aliphatic rings. The van der Waals surface area contributed by atoms with Crippen molar-refractivity contribution >= 4 is 12.3 Å². The topological polar surface area (TPSA) is 63.0 Å². The average Bonchev–Trinajstić information content (AvgIpc) is 2.47. The zero-order chi connectivity index (χ0) is 7.68. The molecule has 0 bridgehead atoms. The van der Waals surface area contributed by atoms with Crippen molar-refractivity contribution in [3.05, 3.63) is 23.2 Å². The Bertz CT molecular complexity index is 403. The number of aromatic nitrogens is 3. The van der Waals surface area contributed by atoms with E-state index in [2.05, 4.69) is 15.6 Å². The quantitative estimate of drug-likeness (QED) is 0.469. The third-order valence-corrected chi connectivity index (χ3v) is 1.37. The summed E-state index contributed by atoms with van der Waals surface area (Å²) in [5, 5.41) is 16.1. The highest BCUT2D eigenvalue weighted by atomic mass is 16.2.